The third-order valence-corrected chi connectivity index (χ3v) is 5.01. The second-order valence-electron chi connectivity index (χ2n) is 5.68. The molecule has 0 N–H and O–H groups in total. The molecule has 0 saturated carbocycles. The minimum Gasteiger partial charge on any atom is -0.375 e. The van der Waals surface area contributed by atoms with Crippen LogP contribution in [0, 0.1) is 0 Å². The number of aryl methyl sites for hydroxylation is 1. The third-order valence-electron chi connectivity index (χ3n) is 3.96. The van der Waals surface area contributed by atoms with Crippen LogP contribution >= 0.6 is 11.3 Å². The van der Waals surface area contributed by atoms with Crippen molar-refractivity contribution in [3.8, 4) is 0 Å². The van der Waals surface area contributed by atoms with Gasteiger partial charge in [-0.25, -0.2) is 4.98 Å². The second kappa shape index (κ2) is 6.77. The van der Waals surface area contributed by atoms with Gasteiger partial charge in [0.05, 0.1) is 24.1 Å². The molecule has 2 aromatic heterocycles. The molecule has 1 unspecified atom stereocenters. The van der Waals surface area contributed by atoms with Crippen LogP contribution in [0.2, 0.25) is 0 Å². The van der Waals surface area contributed by atoms with Gasteiger partial charge in [-0.2, -0.15) is 5.10 Å². The Bertz CT molecular complexity index is 683. The van der Waals surface area contributed by atoms with Crippen molar-refractivity contribution in [1.29, 1.82) is 0 Å². The quantitative estimate of drug-likeness (QED) is 0.827. The lowest BCUT2D eigenvalue weighted by Gasteiger charge is -2.33. The van der Waals surface area contributed by atoms with Gasteiger partial charge < -0.3 is 9.64 Å². The van der Waals surface area contributed by atoms with Crippen LogP contribution in [0.5, 0.6) is 0 Å². The summed E-state index contributed by atoms with van der Waals surface area (Å²) in [4.78, 5) is 20.9. The summed E-state index contributed by atoms with van der Waals surface area (Å²) >= 11 is 1.60. The molecule has 3 rings (SSSR count). The topological polar surface area (TPSA) is 63.5 Å². The summed E-state index contributed by atoms with van der Waals surface area (Å²) in [5, 5.41) is 7.15. The second-order valence-corrected chi connectivity index (χ2v) is 6.57. The van der Waals surface area contributed by atoms with E-state index in [2.05, 4.69) is 15.0 Å². The van der Waals surface area contributed by atoms with Crippen LogP contribution in [0.1, 0.15) is 23.7 Å². The first-order valence-corrected chi connectivity index (χ1v) is 8.43. The highest BCUT2D eigenvalue weighted by atomic mass is 32.1. The number of nitrogens with zero attached hydrogens (tertiary/aromatic N) is 5. The van der Waals surface area contributed by atoms with E-state index in [9.17, 15) is 4.79 Å². The maximum absolute atomic E-state index is 12.4. The summed E-state index contributed by atoms with van der Waals surface area (Å²) in [7, 11) is 3.53. The van der Waals surface area contributed by atoms with E-state index in [0.29, 0.717) is 19.6 Å². The lowest BCUT2D eigenvalue weighted by atomic mass is 10.2. The first-order chi connectivity index (χ1) is 11.1. The Hall–Kier alpha value is -1.77. The number of carbonyl (C=O) groups excluding carboxylic acids is 1. The third kappa shape index (κ3) is 3.60. The molecule has 0 bridgehead atoms. The van der Waals surface area contributed by atoms with Crippen molar-refractivity contribution in [2.75, 3.05) is 31.6 Å². The Kier molecular flexibility index (Phi) is 4.74. The molecule has 3 heterocycles. The van der Waals surface area contributed by atoms with Crippen molar-refractivity contribution in [3.63, 3.8) is 0 Å². The Labute approximate surface area is 139 Å². The van der Waals surface area contributed by atoms with Crippen molar-refractivity contribution < 1.29 is 9.53 Å². The highest BCUT2D eigenvalue weighted by Crippen LogP contribution is 2.22. The van der Waals surface area contributed by atoms with Gasteiger partial charge in [-0.05, 0) is 6.92 Å². The van der Waals surface area contributed by atoms with Crippen molar-refractivity contribution in [2.45, 2.75) is 19.6 Å². The lowest BCUT2D eigenvalue weighted by Crippen LogP contribution is -2.50. The monoisotopic (exact) mass is 335 g/mol. The van der Waals surface area contributed by atoms with Gasteiger partial charge in [0.25, 0.3) is 0 Å². The molecule has 0 aromatic carbocycles. The van der Waals surface area contributed by atoms with Gasteiger partial charge in [0.1, 0.15) is 11.1 Å². The molecule has 23 heavy (non-hydrogen) atoms. The van der Waals surface area contributed by atoms with E-state index in [0.717, 1.165) is 22.9 Å². The number of piperazine rings is 1. The van der Waals surface area contributed by atoms with Gasteiger partial charge in [0, 0.05) is 45.4 Å². The molecule has 0 spiro atoms. The van der Waals surface area contributed by atoms with Gasteiger partial charge in [0.2, 0.25) is 5.91 Å². The molecule has 8 heteroatoms. The average molecular weight is 335 g/mol. The number of aromatic nitrogens is 3. The lowest BCUT2D eigenvalue weighted by molar-refractivity contribution is -0.121. The fourth-order valence-electron chi connectivity index (χ4n) is 2.59. The molecule has 1 saturated heterocycles. The van der Waals surface area contributed by atoms with Gasteiger partial charge in [0.15, 0.2) is 0 Å². The largest absolute Gasteiger partial charge is 0.375 e. The predicted octanol–water partition coefficient (Wildman–Crippen LogP) is 1.43. The van der Waals surface area contributed by atoms with Gasteiger partial charge in [-0.3, -0.25) is 14.4 Å². The Balaban J connectivity index is 1.59. The summed E-state index contributed by atoms with van der Waals surface area (Å²) in [5.41, 5.74) is 1.86. The first-order valence-electron chi connectivity index (χ1n) is 7.55. The van der Waals surface area contributed by atoms with Crippen LogP contribution in [0.15, 0.2) is 17.8 Å². The van der Waals surface area contributed by atoms with Crippen molar-refractivity contribution >= 4 is 22.9 Å². The summed E-state index contributed by atoms with van der Waals surface area (Å²) in [6, 6.07) is 0. The minimum atomic E-state index is 0.0119. The average Bonchev–Trinajstić information content (AvgIpc) is 3.16. The fraction of sp³-hybridized carbons (Fsp3) is 0.533. The standard InChI is InChI=1S/C15H21N5O2S/c1-11(22-3)15-17-12(10-23-15)7-19-4-5-20(14(21)9-19)13-6-16-18(2)8-13/h6,8,10-11H,4-5,7,9H2,1-3H3. The van der Waals surface area contributed by atoms with Gasteiger partial charge in [-0.1, -0.05) is 0 Å². The van der Waals surface area contributed by atoms with Gasteiger partial charge in [-0.15, -0.1) is 11.3 Å². The number of thiazole rings is 1. The zero-order valence-electron chi connectivity index (χ0n) is 13.6. The fourth-order valence-corrected chi connectivity index (χ4v) is 3.43. The molecule has 1 aliphatic rings. The SMILES string of the molecule is COC(C)c1nc(CN2CCN(c3cnn(C)c3)C(=O)C2)cs1. The summed E-state index contributed by atoms with van der Waals surface area (Å²) in [6.45, 7) is 4.59. The van der Waals surface area contributed by atoms with Crippen molar-refractivity contribution in [3.05, 3.63) is 28.5 Å². The first kappa shape index (κ1) is 16.1. The summed E-state index contributed by atoms with van der Waals surface area (Å²) < 4.78 is 7.00. The van der Waals surface area contributed by atoms with E-state index in [-0.39, 0.29) is 12.0 Å². The number of anilines is 1. The highest BCUT2D eigenvalue weighted by molar-refractivity contribution is 7.09. The molecule has 1 amide bonds. The van der Waals surface area contributed by atoms with E-state index in [4.69, 9.17) is 4.74 Å². The maximum atomic E-state index is 12.4. The normalized spacial score (nSPS) is 17.7. The van der Waals surface area contributed by atoms with Crippen LogP contribution in [-0.4, -0.2) is 52.3 Å². The molecule has 7 nitrogen and oxygen atoms in total. The minimum absolute atomic E-state index is 0.0119. The van der Waals surface area contributed by atoms with Crippen LogP contribution in [0.4, 0.5) is 5.69 Å². The summed E-state index contributed by atoms with van der Waals surface area (Å²) in [6.07, 6.45) is 3.61. The molecule has 1 aliphatic heterocycles. The van der Waals surface area contributed by atoms with Crippen LogP contribution in [0.3, 0.4) is 0 Å². The van der Waals surface area contributed by atoms with E-state index in [1.165, 1.54) is 0 Å². The molecular weight excluding hydrogens is 314 g/mol. The van der Waals surface area contributed by atoms with Crippen molar-refractivity contribution in [2.24, 2.45) is 7.05 Å². The molecule has 124 valence electrons. The zero-order valence-corrected chi connectivity index (χ0v) is 14.4. The summed E-state index contributed by atoms with van der Waals surface area (Å²) in [5.74, 6) is 0.102. The molecule has 0 radical (unpaired) electrons. The Morgan fingerprint density at radius 1 is 1.43 bits per heavy atom. The van der Waals surface area contributed by atoms with Gasteiger partial charge >= 0.3 is 0 Å². The highest BCUT2D eigenvalue weighted by Gasteiger charge is 2.26. The smallest absolute Gasteiger partial charge is 0.241 e. The Morgan fingerprint density at radius 2 is 2.26 bits per heavy atom. The van der Waals surface area contributed by atoms with E-state index in [1.54, 1.807) is 34.2 Å². The molecule has 0 aliphatic carbocycles. The maximum Gasteiger partial charge on any atom is 0.241 e. The van der Waals surface area contributed by atoms with Crippen LogP contribution in [-0.2, 0) is 23.1 Å². The number of carbonyl (C=O) groups is 1. The van der Waals surface area contributed by atoms with Crippen LogP contribution < -0.4 is 4.90 Å². The number of hydrogen-bond acceptors (Lipinski definition) is 6. The number of hydrogen-bond donors (Lipinski definition) is 0. The van der Waals surface area contributed by atoms with E-state index in [1.807, 2.05) is 25.5 Å². The molecule has 1 atom stereocenters. The predicted molar refractivity (Wildman–Crippen MR) is 88.4 cm³/mol. The molecule has 1 fully saturated rings. The number of rotatable bonds is 5. The zero-order chi connectivity index (χ0) is 16.4. The van der Waals surface area contributed by atoms with E-state index < -0.39 is 0 Å². The number of amides is 1. The number of methoxy groups -OCH3 is 1. The number of ether oxygens (including phenoxy) is 1. The van der Waals surface area contributed by atoms with E-state index >= 15 is 0 Å². The molecular formula is C15H21N5O2S. The molecule has 2 aromatic rings. The van der Waals surface area contributed by atoms with Crippen LogP contribution in [0.25, 0.3) is 0 Å². The van der Waals surface area contributed by atoms with Crippen molar-refractivity contribution in [1.82, 2.24) is 19.7 Å². The Morgan fingerprint density at radius 3 is 2.91 bits per heavy atom.